The molecule has 1 aliphatic heterocycles. The molecule has 0 saturated carbocycles. The first-order chi connectivity index (χ1) is 13.5. The number of nitrogens with zero attached hydrogens (tertiary/aromatic N) is 4. The highest BCUT2D eigenvalue weighted by atomic mass is 35.5. The Kier molecular flexibility index (Phi) is 6.34. The lowest BCUT2D eigenvalue weighted by Gasteiger charge is -2.07. The van der Waals surface area contributed by atoms with Gasteiger partial charge in [0.2, 0.25) is 0 Å². The summed E-state index contributed by atoms with van der Waals surface area (Å²) in [5.74, 6) is 0.427. The van der Waals surface area contributed by atoms with Gasteiger partial charge in [0.1, 0.15) is 17.3 Å². The summed E-state index contributed by atoms with van der Waals surface area (Å²) in [6.45, 7) is 6.83. The predicted molar refractivity (Wildman–Crippen MR) is 111 cm³/mol. The zero-order valence-electron chi connectivity index (χ0n) is 16.4. The molecule has 0 bridgehead atoms. The van der Waals surface area contributed by atoms with Crippen LogP contribution in [-0.2, 0) is 19.5 Å². The molecule has 29 heavy (non-hydrogen) atoms. The highest BCUT2D eigenvalue weighted by Gasteiger charge is 2.19. The molecule has 7 nitrogen and oxygen atoms in total. The van der Waals surface area contributed by atoms with E-state index in [1.165, 1.54) is 12.1 Å². The quantitative estimate of drug-likeness (QED) is 0.683. The number of fused-ring (bicyclic) bond motifs is 1. The maximum Gasteiger partial charge on any atom is 0.275 e. The Hall–Kier alpha value is -2.71. The summed E-state index contributed by atoms with van der Waals surface area (Å²) < 4.78 is 17.0. The van der Waals surface area contributed by atoms with Crippen LogP contribution in [0.1, 0.15) is 33.3 Å². The number of hydrogen-bond donors (Lipinski definition) is 2. The molecule has 0 saturated heterocycles. The third kappa shape index (κ3) is 4.49. The molecule has 2 aromatic heterocycles. The van der Waals surface area contributed by atoms with Crippen molar-refractivity contribution in [2.45, 2.75) is 33.4 Å². The summed E-state index contributed by atoms with van der Waals surface area (Å²) in [5, 5.41) is 10.8. The lowest BCUT2D eigenvalue weighted by molar-refractivity contribution is 0.102. The molecule has 1 aliphatic rings. The van der Waals surface area contributed by atoms with Crippen LogP contribution in [-0.4, -0.2) is 38.3 Å². The fourth-order valence-corrected chi connectivity index (χ4v) is 3.45. The Morgan fingerprint density at radius 1 is 1.24 bits per heavy atom. The smallest absolute Gasteiger partial charge is 0.275 e. The highest BCUT2D eigenvalue weighted by molar-refractivity contribution is 6.03. The van der Waals surface area contributed by atoms with Crippen molar-refractivity contribution in [3.05, 3.63) is 64.7 Å². The molecule has 9 heteroatoms. The maximum absolute atomic E-state index is 13.1. The van der Waals surface area contributed by atoms with Gasteiger partial charge in [-0.05, 0) is 31.5 Å². The standard InChI is InChI=1S/C20H23FN6O.ClH/c1-13-19(14(2)27(25-13)11-15-3-5-16(21)6-4-15)24-20(28)17-12-26-10-9-22-8-7-18(26)23-17;/h3-6,12,22H,7-11H2,1-2H3,(H,24,28);1H. The SMILES string of the molecule is Cc1nn(Cc2ccc(F)cc2)c(C)c1NC(=O)c1cn2c(n1)CCNCC2.Cl. The van der Waals surface area contributed by atoms with Crippen LogP contribution in [0.25, 0.3) is 0 Å². The lowest BCUT2D eigenvalue weighted by Crippen LogP contribution is -2.18. The summed E-state index contributed by atoms with van der Waals surface area (Å²) in [7, 11) is 0. The predicted octanol–water partition coefficient (Wildman–Crippen LogP) is 2.70. The number of hydrogen-bond acceptors (Lipinski definition) is 4. The largest absolute Gasteiger partial charge is 0.333 e. The fourth-order valence-electron chi connectivity index (χ4n) is 3.45. The van der Waals surface area contributed by atoms with Gasteiger partial charge in [0.15, 0.2) is 0 Å². The van der Waals surface area contributed by atoms with Crippen molar-refractivity contribution in [2.24, 2.45) is 0 Å². The minimum Gasteiger partial charge on any atom is -0.333 e. The van der Waals surface area contributed by atoms with Gasteiger partial charge < -0.3 is 15.2 Å². The summed E-state index contributed by atoms with van der Waals surface area (Å²) in [5.41, 5.74) is 3.63. The second-order valence-electron chi connectivity index (χ2n) is 7.02. The molecule has 154 valence electrons. The van der Waals surface area contributed by atoms with Crippen LogP contribution in [0.2, 0.25) is 0 Å². The second-order valence-corrected chi connectivity index (χ2v) is 7.02. The number of anilines is 1. The van der Waals surface area contributed by atoms with Crippen LogP contribution in [0, 0.1) is 19.7 Å². The molecule has 3 heterocycles. The third-order valence-corrected chi connectivity index (χ3v) is 5.01. The van der Waals surface area contributed by atoms with Gasteiger partial charge in [-0.2, -0.15) is 5.10 Å². The molecule has 4 rings (SSSR count). The Morgan fingerprint density at radius 3 is 2.76 bits per heavy atom. The van der Waals surface area contributed by atoms with Gasteiger partial charge in [-0.3, -0.25) is 9.48 Å². The topological polar surface area (TPSA) is 76.8 Å². The Balaban J connectivity index is 0.00000240. The molecule has 0 fully saturated rings. The molecular formula is C20H24ClFN6O. The zero-order chi connectivity index (χ0) is 19.7. The van der Waals surface area contributed by atoms with E-state index in [0.717, 1.165) is 48.8 Å². The number of rotatable bonds is 4. The van der Waals surface area contributed by atoms with Gasteiger partial charge in [0, 0.05) is 32.3 Å². The number of aromatic nitrogens is 4. The number of amides is 1. The Bertz CT molecular complexity index is 987. The number of carbonyl (C=O) groups excluding carboxylic acids is 1. The second kappa shape index (κ2) is 8.75. The van der Waals surface area contributed by atoms with Gasteiger partial charge in [0.25, 0.3) is 5.91 Å². The van der Waals surface area contributed by atoms with E-state index in [1.807, 2.05) is 29.3 Å². The highest BCUT2D eigenvalue weighted by Crippen LogP contribution is 2.21. The first-order valence-electron chi connectivity index (χ1n) is 9.38. The van der Waals surface area contributed by atoms with Crippen LogP contribution in [0.3, 0.4) is 0 Å². The molecule has 0 aliphatic carbocycles. The van der Waals surface area contributed by atoms with Crippen LogP contribution < -0.4 is 10.6 Å². The lowest BCUT2D eigenvalue weighted by atomic mass is 10.2. The average Bonchev–Trinajstić information content (AvgIpc) is 3.11. The number of aryl methyl sites for hydroxylation is 1. The van der Waals surface area contributed by atoms with E-state index in [4.69, 9.17) is 0 Å². The van der Waals surface area contributed by atoms with Crippen molar-refractivity contribution in [1.82, 2.24) is 24.6 Å². The van der Waals surface area contributed by atoms with Crippen molar-refractivity contribution < 1.29 is 9.18 Å². The van der Waals surface area contributed by atoms with Crippen LogP contribution in [0.4, 0.5) is 10.1 Å². The number of imidazole rings is 1. The van der Waals surface area contributed by atoms with Gasteiger partial charge in [0.05, 0.1) is 23.6 Å². The third-order valence-electron chi connectivity index (χ3n) is 5.01. The minimum atomic E-state index is -0.265. The van der Waals surface area contributed by atoms with E-state index < -0.39 is 0 Å². The number of nitrogens with one attached hydrogen (secondary N) is 2. The average molecular weight is 419 g/mol. The van der Waals surface area contributed by atoms with Crippen molar-refractivity contribution in [2.75, 3.05) is 18.4 Å². The van der Waals surface area contributed by atoms with E-state index in [2.05, 4.69) is 20.7 Å². The van der Waals surface area contributed by atoms with E-state index >= 15 is 0 Å². The molecule has 0 atom stereocenters. The van der Waals surface area contributed by atoms with Crippen molar-refractivity contribution in [3.8, 4) is 0 Å². The minimum absolute atomic E-state index is 0. The van der Waals surface area contributed by atoms with Crippen LogP contribution in [0.5, 0.6) is 0 Å². The van der Waals surface area contributed by atoms with E-state index in [1.54, 1.807) is 12.1 Å². The van der Waals surface area contributed by atoms with E-state index in [0.29, 0.717) is 17.9 Å². The molecule has 1 amide bonds. The molecule has 0 spiro atoms. The molecule has 2 N–H and O–H groups in total. The molecule has 1 aromatic carbocycles. The van der Waals surface area contributed by atoms with Crippen molar-refractivity contribution in [3.63, 3.8) is 0 Å². The van der Waals surface area contributed by atoms with Crippen molar-refractivity contribution in [1.29, 1.82) is 0 Å². The fraction of sp³-hybridized carbons (Fsp3) is 0.350. The summed E-state index contributed by atoms with van der Waals surface area (Å²) >= 11 is 0. The maximum atomic E-state index is 13.1. The van der Waals surface area contributed by atoms with Gasteiger partial charge in [-0.25, -0.2) is 9.37 Å². The molecular weight excluding hydrogens is 395 g/mol. The van der Waals surface area contributed by atoms with Gasteiger partial charge in [-0.1, -0.05) is 12.1 Å². The van der Waals surface area contributed by atoms with Crippen LogP contribution >= 0.6 is 12.4 Å². The first kappa shape index (κ1) is 21.0. The summed E-state index contributed by atoms with van der Waals surface area (Å²) in [6, 6.07) is 6.33. The van der Waals surface area contributed by atoms with Gasteiger partial charge in [-0.15, -0.1) is 12.4 Å². The zero-order valence-corrected chi connectivity index (χ0v) is 17.2. The van der Waals surface area contributed by atoms with Crippen molar-refractivity contribution >= 4 is 24.0 Å². The molecule has 0 unspecified atom stereocenters. The first-order valence-corrected chi connectivity index (χ1v) is 9.38. The van der Waals surface area contributed by atoms with E-state index in [9.17, 15) is 9.18 Å². The van der Waals surface area contributed by atoms with E-state index in [-0.39, 0.29) is 24.1 Å². The van der Waals surface area contributed by atoms with Gasteiger partial charge >= 0.3 is 0 Å². The Morgan fingerprint density at radius 2 is 2.00 bits per heavy atom. The molecule has 0 radical (unpaired) electrons. The Labute approximate surface area is 174 Å². The molecule has 3 aromatic rings. The summed E-state index contributed by atoms with van der Waals surface area (Å²) in [4.78, 5) is 17.2. The number of halogens is 2. The normalized spacial score (nSPS) is 13.3. The summed E-state index contributed by atoms with van der Waals surface area (Å²) in [6.07, 6.45) is 2.62. The van der Waals surface area contributed by atoms with Crippen LogP contribution in [0.15, 0.2) is 30.5 Å². The monoisotopic (exact) mass is 418 g/mol. The number of carbonyl (C=O) groups is 1. The number of benzene rings is 1.